The van der Waals surface area contributed by atoms with Crippen LogP contribution in [0.4, 0.5) is 0 Å². The fraction of sp³-hybridized carbons (Fsp3) is 0.862. The van der Waals surface area contributed by atoms with E-state index in [1.807, 2.05) is 4.68 Å². The van der Waals surface area contributed by atoms with E-state index in [4.69, 9.17) is 9.84 Å². The quantitative estimate of drug-likeness (QED) is 0.464. The van der Waals surface area contributed by atoms with Crippen molar-refractivity contribution in [1.29, 1.82) is 0 Å². The maximum atomic E-state index is 13.7. The zero-order chi connectivity index (χ0) is 24.6. The van der Waals surface area contributed by atoms with E-state index in [0.29, 0.717) is 53.9 Å². The molecule has 0 spiro atoms. The van der Waals surface area contributed by atoms with E-state index < -0.39 is 0 Å². The Morgan fingerprint density at radius 2 is 1.61 bits per heavy atom. The van der Waals surface area contributed by atoms with Gasteiger partial charge in [0.25, 0.3) is 5.91 Å². The molecule has 4 bridgehead atoms. The minimum atomic E-state index is 0. The SMILES string of the molecule is C[C@@H]1CNC[C@H](C)N1CCn1ncc(C(=O)NC2C3CC4CC(C3)CC2C4)c1OCC1CCCCC1.Cl.Cl. The second-order valence-corrected chi connectivity index (χ2v) is 12.9. The lowest BCUT2D eigenvalue weighted by Gasteiger charge is -2.54. The third kappa shape index (κ3) is 6.31. The van der Waals surface area contributed by atoms with Crippen molar-refractivity contribution < 1.29 is 9.53 Å². The first kappa shape index (κ1) is 30.0. The van der Waals surface area contributed by atoms with E-state index >= 15 is 0 Å². The molecule has 1 saturated heterocycles. The Morgan fingerprint density at radius 1 is 0.974 bits per heavy atom. The highest BCUT2D eigenvalue weighted by Crippen LogP contribution is 2.53. The number of piperazine rings is 1. The lowest BCUT2D eigenvalue weighted by Crippen LogP contribution is -2.55. The van der Waals surface area contributed by atoms with Crippen LogP contribution in [0.1, 0.15) is 88.4 Å². The molecule has 38 heavy (non-hydrogen) atoms. The molecule has 9 heteroatoms. The molecular weight excluding hydrogens is 521 g/mol. The van der Waals surface area contributed by atoms with Crippen LogP contribution in [0.2, 0.25) is 0 Å². The summed E-state index contributed by atoms with van der Waals surface area (Å²) in [6, 6.07) is 1.33. The summed E-state index contributed by atoms with van der Waals surface area (Å²) in [4.78, 5) is 16.2. The second-order valence-electron chi connectivity index (χ2n) is 12.9. The maximum Gasteiger partial charge on any atom is 0.258 e. The number of hydrogen-bond acceptors (Lipinski definition) is 5. The highest BCUT2D eigenvalue weighted by Gasteiger charge is 2.48. The Labute approximate surface area is 241 Å². The van der Waals surface area contributed by atoms with Crippen LogP contribution in [0.5, 0.6) is 5.88 Å². The second kappa shape index (κ2) is 13.1. The topological polar surface area (TPSA) is 71.4 Å². The number of nitrogens with one attached hydrogen (secondary N) is 2. The Kier molecular flexibility index (Phi) is 10.3. The molecule has 5 saturated carbocycles. The van der Waals surface area contributed by atoms with Gasteiger partial charge in [0, 0.05) is 37.8 Å². The van der Waals surface area contributed by atoms with Gasteiger partial charge in [0.1, 0.15) is 5.56 Å². The van der Waals surface area contributed by atoms with Gasteiger partial charge in [0.15, 0.2) is 0 Å². The molecule has 1 aliphatic heterocycles. The molecule has 0 aromatic carbocycles. The van der Waals surface area contributed by atoms with E-state index in [0.717, 1.165) is 38.0 Å². The molecule has 1 aromatic rings. The lowest BCUT2D eigenvalue weighted by atomic mass is 9.54. The number of ether oxygens (including phenoxy) is 1. The molecule has 6 fully saturated rings. The number of aromatic nitrogens is 2. The Morgan fingerprint density at radius 3 is 2.24 bits per heavy atom. The number of amides is 1. The van der Waals surface area contributed by atoms with E-state index in [1.165, 1.54) is 64.2 Å². The Balaban J connectivity index is 0.00000168. The number of rotatable bonds is 8. The molecule has 2 heterocycles. The predicted octanol–water partition coefficient (Wildman–Crippen LogP) is 4.92. The van der Waals surface area contributed by atoms with Crippen LogP contribution in [0.25, 0.3) is 0 Å². The van der Waals surface area contributed by atoms with Gasteiger partial charge in [-0.15, -0.1) is 24.8 Å². The number of hydrogen-bond donors (Lipinski definition) is 2. The molecular formula is C29H49Cl2N5O2. The van der Waals surface area contributed by atoms with Crippen LogP contribution < -0.4 is 15.4 Å². The summed E-state index contributed by atoms with van der Waals surface area (Å²) < 4.78 is 8.45. The highest BCUT2D eigenvalue weighted by atomic mass is 35.5. The fourth-order valence-corrected chi connectivity index (χ4v) is 8.60. The van der Waals surface area contributed by atoms with Gasteiger partial charge in [-0.1, -0.05) is 19.3 Å². The van der Waals surface area contributed by atoms with Crippen molar-refractivity contribution in [1.82, 2.24) is 25.3 Å². The molecule has 2 N–H and O–H groups in total. The van der Waals surface area contributed by atoms with Crippen LogP contribution in [0.15, 0.2) is 6.20 Å². The average Bonchev–Trinajstić information content (AvgIpc) is 3.27. The Hall–Kier alpha value is -1.02. The van der Waals surface area contributed by atoms with Gasteiger partial charge in [-0.2, -0.15) is 5.10 Å². The highest BCUT2D eigenvalue weighted by molar-refractivity contribution is 5.96. The first-order chi connectivity index (χ1) is 17.5. The van der Waals surface area contributed by atoms with E-state index in [9.17, 15) is 4.79 Å². The minimum Gasteiger partial charge on any atom is -0.477 e. The van der Waals surface area contributed by atoms with Crippen molar-refractivity contribution in [3.8, 4) is 5.88 Å². The molecule has 7 rings (SSSR count). The van der Waals surface area contributed by atoms with Crippen LogP contribution in [0, 0.1) is 29.6 Å². The number of nitrogens with zero attached hydrogens (tertiary/aromatic N) is 3. The normalized spacial score (nSPS) is 34.8. The molecule has 5 aliphatic carbocycles. The average molecular weight is 571 g/mol. The van der Waals surface area contributed by atoms with Crippen molar-refractivity contribution in [2.75, 3.05) is 26.2 Å². The van der Waals surface area contributed by atoms with Crippen LogP contribution in [0.3, 0.4) is 0 Å². The van der Waals surface area contributed by atoms with Gasteiger partial charge in [-0.3, -0.25) is 9.69 Å². The molecule has 2 atom stereocenters. The van der Waals surface area contributed by atoms with Gasteiger partial charge >= 0.3 is 0 Å². The van der Waals surface area contributed by atoms with E-state index in [2.05, 4.69) is 29.4 Å². The molecule has 0 radical (unpaired) electrons. The van der Waals surface area contributed by atoms with Crippen molar-refractivity contribution in [2.45, 2.75) is 103 Å². The fourth-order valence-electron chi connectivity index (χ4n) is 8.60. The molecule has 1 aromatic heterocycles. The van der Waals surface area contributed by atoms with Gasteiger partial charge in [0.05, 0.1) is 19.3 Å². The van der Waals surface area contributed by atoms with Crippen LogP contribution in [-0.2, 0) is 6.54 Å². The van der Waals surface area contributed by atoms with Crippen molar-refractivity contribution in [3.63, 3.8) is 0 Å². The molecule has 7 nitrogen and oxygen atoms in total. The van der Waals surface area contributed by atoms with Crippen molar-refractivity contribution in [3.05, 3.63) is 11.8 Å². The van der Waals surface area contributed by atoms with Crippen LogP contribution >= 0.6 is 24.8 Å². The van der Waals surface area contributed by atoms with Gasteiger partial charge in [-0.25, -0.2) is 4.68 Å². The predicted molar refractivity (Wildman–Crippen MR) is 156 cm³/mol. The van der Waals surface area contributed by atoms with Gasteiger partial charge in [0.2, 0.25) is 5.88 Å². The number of halogens is 2. The monoisotopic (exact) mass is 569 g/mol. The summed E-state index contributed by atoms with van der Waals surface area (Å²) in [7, 11) is 0. The lowest BCUT2D eigenvalue weighted by molar-refractivity contribution is -0.0120. The molecule has 0 unspecified atom stereocenters. The summed E-state index contributed by atoms with van der Waals surface area (Å²) in [6.07, 6.45) is 14.8. The van der Waals surface area contributed by atoms with Crippen LogP contribution in [-0.4, -0.2) is 65.0 Å². The summed E-state index contributed by atoms with van der Waals surface area (Å²) >= 11 is 0. The maximum absolute atomic E-state index is 13.7. The Bertz CT molecular complexity index is 883. The zero-order valence-corrected chi connectivity index (χ0v) is 24.9. The smallest absolute Gasteiger partial charge is 0.258 e. The minimum absolute atomic E-state index is 0. The van der Waals surface area contributed by atoms with E-state index in [1.54, 1.807) is 6.20 Å². The third-order valence-corrected chi connectivity index (χ3v) is 10.3. The summed E-state index contributed by atoms with van der Waals surface area (Å²) in [5, 5.41) is 11.7. The molecule has 6 aliphatic rings. The first-order valence-electron chi connectivity index (χ1n) is 15.0. The summed E-state index contributed by atoms with van der Waals surface area (Å²) in [5.41, 5.74) is 0.640. The largest absolute Gasteiger partial charge is 0.477 e. The van der Waals surface area contributed by atoms with E-state index in [-0.39, 0.29) is 30.7 Å². The number of carbonyl (C=O) groups excluding carboxylic acids is 1. The van der Waals surface area contributed by atoms with Gasteiger partial charge in [-0.05, 0) is 88.4 Å². The van der Waals surface area contributed by atoms with Crippen molar-refractivity contribution in [2.24, 2.45) is 29.6 Å². The summed E-state index contributed by atoms with van der Waals surface area (Å²) in [5.74, 6) is 4.47. The summed E-state index contributed by atoms with van der Waals surface area (Å²) in [6.45, 7) is 8.99. The third-order valence-electron chi connectivity index (χ3n) is 10.3. The zero-order valence-electron chi connectivity index (χ0n) is 23.3. The molecule has 1 amide bonds. The molecule has 216 valence electrons. The van der Waals surface area contributed by atoms with Gasteiger partial charge < -0.3 is 15.4 Å². The standard InChI is InChI=1S/C29H47N5O2.2ClH/c1-19-15-30-16-20(2)33(19)8-9-34-29(36-18-21-6-4-3-5-7-21)26(17-31-34)28(35)32-27-24-11-22-10-23(13-24)14-25(27)12-22;;/h17,19-25,27,30H,3-16,18H2,1-2H3,(H,32,35);2*1H/t19-,20+,22?,23?,24?,25?,27?;;. The number of carbonyl (C=O) groups is 1. The van der Waals surface area contributed by atoms with Crippen molar-refractivity contribution >= 4 is 30.7 Å². The first-order valence-corrected chi connectivity index (χ1v) is 15.0.